The van der Waals surface area contributed by atoms with Crippen molar-refractivity contribution >= 4 is 27.7 Å². The third kappa shape index (κ3) is 5.68. The monoisotopic (exact) mass is 468 g/mol. The fourth-order valence-electron chi connectivity index (χ4n) is 3.27. The van der Waals surface area contributed by atoms with E-state index in [1.54, 1.807) is 6.92 Å². The van der Waals surface area contributed by atoms with Crippen LogP contribution in [0.15, 0.2) is 53.4 Å². The molecule has 1 amide bonds. The quantitative estimate of drug-likeness (QED) is 0.606. The van der Waals surface area contributed by atoms with Gasteiger partial charge in [-0.05, 0) is 61.7 Å². The number of nitrogens with one attached hydrogen (secondary N) is 1. The van der Waals surface area contributed by atoms with Crippen molar-refractivity contribution in [2.24, 2.45) is 0 Å². The summed E-state index contributed by atoms with van der Waals surface area (Å²) in [6.45, 7) is 2.89. The number of nitrogens with zero attached hydrogens (tertiary/aromatic N) is 1. The van der Waals surface area contributed by atoms with Crippen LogP contribution in [-0.4, -0.2) is 38.3 Å². The van der Waals surface area contributed by atoms with Crippen LogP contribution in [0.2, 0.25) is 0 Å². The number of benzene rings is 2. The first kappa shape index (κ1) is 23.8. The summed E-state index contributed by atoms with van der Waals surface area (Å²) in [4.78, 5) is 12.2. The molecule has 1 aliphatic rings. The van der Waals surface area contributed by atoms with Crippen LogP contribution in [0.1, 0.15) is 30.9 Å². The molecule has 1 heterocycles. The second-order valence-electron chi connectivity index (χ2n) is 7.15. The highest BCUT2D eigenvalue weighted by Crippen LogP contribution is 2.32. The fraction of sp³-hybridized carbons (Fsp3) is 0.318. The Labute approximate surface area is 184 Å². The van der Waals surface area contributed by atoms with E-state index in [1.807, 2.05) is 0 Å². The number of anilines is 1. The SMILES string of the molecule is CCOc1ccc(NC(=O)/C=C/c2ccc(C(F)(F)F)cc2)cc1S(=O)(=O)N1CCCC1. The van der Waals surface area contributed by atoms with E-state index in [0.717, 1.165) is 31.1 Å². The summed E-state index contributed by atoms with van der Waals surface area (Å²) in [6.07, 6.45) is -0.331. The molecule has 0 spiro atoms. The maximum atomic E-state index is 13.0. The van der Waals surface area contributed by atoms with Crippen LogP contribution in [0.4, 0.5) is 18.9 Å². The minimum Gasteiger partial charge on any atom is -0.492 e. The molecule has 3 rings (SSSR count). The number of alkyl halides is 3. The molecule has 0 bridgehead atoms. The van der Waals surface area contributed by atoms with Gasteiger partial charge >= 0.3 is 6.18 Å². The van der Waals surface area contributed by atoms with Gasteiger partial charge < -0.3 is 10.1 Å². The highest BCUT2D eigenvalue weighted by molar-refractivity contribution is 7.89. The molecular weight excluding hydrogens is 445 g/mol. The predicted octanol–water partition coefficient (Wildman–Crippen LogP) is 4.54. The largest absolute Gasteiger partial charge is 0.492 e. The van der Waals surface area contributed by atoms with E-state index in [9.17, 15) is 26.4 Å². The summed E-state index contributed by atoms with van der Waals surface area (Å²) in [5.41, 5.74) is -0.106. The van der Waals surface area contributed by atoms with Gasteiger partial charge in [-0.1, -0.05) is 12.1 Å². The average Bonchev–Trinajstić information content (AvgIpc) is 3.29. The lowest BCUT2D eigenvalue weighted by Gasteiger charge is -2.19. The molecule has 32 heavy (non-hydrogen) atoms. The molecule has 1 saturated heterocycles. The number of carbonyl (C=O) groups is 1. The summed E-state index contributed by atoms with van der Waals surface area (Å²) < 4.78 is 70.8. The molecule has 0 saturated carbocycles. The van der Waals surface area contributed by atoms with Crippen LogP contribution in [0.25, 0.3) is 6.08 Å². The van der Waals surface area contributed by atoms with Crippen molar-refractivity contribution in [3.8, 4) is 5.75 Å². The zero-order chi connectivity index (χ0) is 23.4. The summed E-state index contributed by atoms with van der Waals surface area (Å²) in [5, 5.41) is 2.58. The Morgan fingerprint density at radius 2 is 1.78 bits per heavy atom. The zero-order valence-corrected chi connectivity index (χ0v) is 18.2. The van der Waals surface area contributed by atoms with Crippen molar-refractivity contribution in [3.63, 3.8) is 0 Å². The Balaban J connectivity index is 1.76. The average molecular weight is 468 g/mol. The van der Waals surface area contributed by atoms with Gasteiger partial charge in [0.2, 0.25) is 15.9 Å². The number of rotatable bonds is 7. The van der Waals surface area contributed by atoms with Crippen LogP contribution < -0.4 is 10.1 Å². The van der Waals surface area contributed by atoms with Gasteiger partial charge in [-0.25, -0.2) is 8.42 Å². The van der Waals surface area contributed by atoms with Gasteiger partial charge in [0.05, 0.1) is 12.2 Å². The van der Waals surface area contributed by atoms with Gasteiger partial charge in [-0.2, -0.15) is 17.5 Å². The van der Waals surface area contributed by atoms with Gasteiger partial charge in [0.15, 0.2) is 0 Å². The van der Waals surface area contributed by atoms with E-state index < -0.39 is 27.7 Å². The van der Waals surface area contributed by atoms with Gasteiger partial charge in [0.25, 0.3) is 0 Å². The van der Waals surface area contributed by atoms with Gasteiger partial charge in [-0.3, -0.25) is 4.79 Å². The molecule has 1 fully saturated rings. The van der Waals surface area contributed by atoms with Crippen LogP contribution >= 0.6 is 0 Å². The van der Waals surface area contributed by atoms with E-state index in [1.165, 1.54) is 40.7 Å². The first-order valence-electron chi connectivity index (χ1n) is 10.0. The maximum absolute atomic E-state index is 13.0. The lowest BCUT2D eigenvalue weighted by molar-refractivity contribution is -0.137. The molecule has 10 heteroatoms. The Morgan fingerprint density at radius 3 is 2.38 bits per heavy atom. The molecule has 0 unspecified atom stereocenters. The number of amides is 1. The number of halogens is 3. The first-order valence-corrected chi connectivity index (χ1v) is 11.5. The smallest absolute Gasteiger partial charge is 0.416 e. The topological polar surface area (TPSA) is 75.7 Å². The maximum Gasteiger partial charge on any atom is 0.416 e. The van der Waals surface area contributed by atoms with E-state index in [2.05, 4.69) is 5.32 Å². The van der Waals surface area contributed by atoms with Gasteiger partial charge in [0.1, 0.15) is 10.6 Å². The van der Waals surface area contributed by atoms with E-state index in [-0.39, 0.29) is 22.9 Å². The van der Waals surface area contributed by atoms with Crippen molar-refractivity contribution in [1.82, 2.24) is 4.31 Å². The summed E-state index contributed by atoms with van der Waals surface area (Å²) >= 11 is 0. The summed E-state index contributed by atoms with van der Waals surface area (Å²) in [5.74, 6) is -0.351. The number of ether oxygens (including phenoxy) is 1. The highest BCUT2D eigenvalue weighted by Gasteiger charge is 2.31. The van der Waals surface area contributed by atoms with Crippen LogP contribution in [0, 0.1) is 0 Å². The zero-order valence-electron chi connectivity index (χ0n) is 17.4. The molecular formula is C22H23F3N2O4S. The highest BCUT2D eigenvalue weighted by atomic mass is 32.2. The second kappa shape index (κ2) is 9.74. The van der Waals surface area contributed by atoms with Crippen molar-refractivity contribution in [2.45, 2.75) is 30.8 Å². The number of hydrogen-bond acceptors (Lipinski definition) is 4. The van der Waals surface area contributed by atoms with Gasteiger partial charge in [-0.15, -0.1) is 0 Å². The fourth-order valence-corrected chi connectivity index (χ4v) is 4.94. The molecule has 1 aliphatic heterocycles. The molecule has 0 aliphatic carbocycles. The number of sulfonamides is 1. The van der Waals surface area contributed by atoms with Crippen molar-refractivity contribution < 1.29 is 31.1 Å². The predicted molar refractivity (Wildman–Crippen MR) is 115 cm³/mol. The Hall–Kier alpha value is -2.85. The minimum atomic E-state index is -4.43. The molecule has 1 N–H and O–H groups in total. The molecule has 2 aromatic carbocycles. The minimum absolute atomic E-state index is 0.0224. The van der Waals surface area contributed by atoms with Crippen molar-refractivity contribution in [2.75, 3.05) is 25.0 Å². The van der Waals surface area contributed by atoms with Crippen LogP contribution in [-0.2, 0) is 21.0 Å². The molecule has 172 valence electrons. The third-order valence-corrected chi connectivity index (χ3v) is 6.78. The summed E-state index contributed by atoms with van der Waals surface area (Å²) in [7, 11) is -3.77. The Kier molecular flexibility index (Phi) is 7.25. The normalized spacial score (nSPS) is 15.2. The molecule has 6 nitrogen and oxygen atoms in total. The standard InChI is InChI=1S/C22H23F3N2O4S/c1-2-31-19-11-10-18(15-20(19)32(29,30)27-13-3-4-14-27)26-21(28)12-7-16-5-8-17(9-6-16)22(23,24)25/h5-12,15H,2-4,13-14H2,1H3,(H,26,28)/b12-7+. The van der Waals surface area contributed by atoms with Gasteiger partial charge in [0, 0.05) is 24.9 Å². The molecule has 0 atom stereocenters. The van der Waals surface area contributed by atoms with E-state index in [4.69, 9.17) is 4.74 Å². The molecule has 0 radical (unpaired) electrons. The van der Waals surface area contributed by atoms with Crippen LogP contribution in [0.5, 0.6) is 5.75 Å². The summed E-state index contributed by atoms with van der Waals surface area (Å²) in [6, 6.07) is 8.73. The van der Waals surface area contributed by atoms with Crippen LogP contribution in [0.3, 0.4) is 0 Å². The van der Waals surface area contributed by atoms with E-state index >= 15 is 0 Å². The lowest BCUT2D eigenvalue weighted by Crippen LogP contribution is -2.28. The molecule has 0 aromatic heterocycles. The Morgan fingerprint density at radius 1 is 1.12 bits per heavy atom. The van der Waals surface area contributed by atoms with Crippen molar-refractivity contribution in [1.29, 1.82) is 0 Å². The number of hydrogen-bond donors (Lipinski definition) is 1. The second-order valence-corrected chi connectivity index (χ2v) is 9.05. The first-order chi connectivity index (χ1) is 15.1. The van der Waals surface area contributed by atoms with Crippen molar-refractivity contribution in [3.05, 3.63) is 59.7 Å². The third-order valence-electron chi connectivity index (χ3n) is 4.86. The lowest BCUT2D eigenvalue weighted by atomic mass is 10.1. The molecule has 2 aromatic rings. The van der Waals surface area contributed by atoms with E-state index in [0.29, 0.717) is 18.7 Å². The number of carbonyl (C=O) groups excluding carboxylic acids is 1. The Bertz CT molecular complexity index is 1090.